The lowest BCUT2D eigenvalue weighted by molar-refractivity contribution is -0.142. The minimum Gasteiger partial charge on any atom is -0.466 e. The van der Waals surface area contributed by atoms with Crippen LogP contribution in [0.5, 0.6) is 0 Å². The monoisotopic (exact) mass is 404 g/mol. The molecule has 9 heteroatoms. The third-order valence-electron chi connectivity index (χ3n) is 3.97. The molecule has 0 bridgehead atoms. The van der Waals surface area contributed by atoms with E-state index in [0.29, 0.717) is 24.0 Å². The molecule has 0 fully saturated rings. The van der Waals surface area contributed by atoms with Crippen molar-refractivity contribution >= 4 is 29.4 Å². The second-order valence-corrected chi connectivity index (χ2v) is 7.09. The summed E-state index contributed by atoms with van der Waals surface area (Å²) in [6.07, 6.45) is 0.466. The predicted octanol–water partition coefficient (Wildman–Crippen LogP) is 1.33. The highest BCUT2D eigenvalue weighted by atomic mass is 32.2. The van der Waals surface area contributed by atoms with Gasteiger partial charge in [-0.25, -0.2) is 0 Å². The van der Waals surface area contributed by atoms with Crippen LogP contribution in [0.1, 0.15) is 25.2 Å². The number of esters is 1. The van der Waals surface area contributed by atoms with Crippen LogP contribution in [0.15, 0.2) is 35.5 Å². The molecule has 0 aliphatic heterocycles. The molecule has 8 nitrogen and oxygen atoms in total. The van der Waals surface area contributed by atoms with Crippen LogP contribution in [0.2, 0.25) is 0 Å². The third kappa shape index (κ3) is 6.49. The largest absolute Gasteiger partial charge is 0.466 e. The van der Waals surface area contributed by atoms with Gasteiger partial charge in [-0.15, -0.1) is 10.2 Å². The van der Waals surface area contributed by atoms with E-state index in [1.54, 1.807) is 18.5 Å². The standard InChI is InChI=1S/C19H24N4O4S/c1-4-27-18(26)11-16-21-22-19(23(16)3)28-12-17(25)20-15(13(2)24)10-14-8-6-5-7-9-14/h5-9,15H,4,10-12H2,1-3H3,(H,20,25)/t15-/m1/s1. The number of nitrogens with one attached hydrogen (secondary N) is 1. The van der Waals surface area contributed by atoms with Gasteiger partial charge in [0.2, 0.25) is 5.91 Å². The van der Waals surface area contributed by atoms with Gasteiger partial charge in [0.25, 0.3) is 0 Å². The first kappa shape index (κ1) is 21.6. The number of thioether (sulfide) groups is 1. The van der Waals surface area contributed by atoms with E-state index in [-0.39, 0.29) is 29.8 Å². The fraction of sp³-hybridized carbons (Fsp3) is 0.421. The first-order valence-corrected chi connectivity index (χ1v) is 9.89. The number of rotatable bonds is 10. The summed E-state index contributed by atoms with van der Waals surface area (Å²) < 4.78 is 6.55. The number of benzene rings is 1. The summed E-state index contributed by atoms with van der Waals surface area (Å²) in [4.78, 5) is 35.7. The maximum absolute atomic E-state index is 12.3. The Labute approximate surface area is 168 Å². The number of amides is 1. The second kappa shape index (κ2) is 10.6. The van der Waals surface area contributed by atoms with Crippen molar-refractivity contribution in [3.8, 4) is 0 Å². The lowest BCUT2D eigenvalue weighted by atomic mass is 10.0. The van der Waals surface area contributed by atoms with Crippen molar-refractivity contribution in [3.05, 3.63) is 41.7 Å². The maximum Gasteiger partial charge on any atom is 0.313 e. The van der Waals surface area contributed by atoms with Crippen LogP contribution in [-0.2, 0) is 39.0 Å². The molecular weight excluding hydrogens is 380 g/mol. The van der Waals surface area contributed by atoms with E-state index in [9.17, 15) is 14.4 Å². The Morgan fingerprint density at radius 3 is 2.57 bits per heavy atom. The van der Waals surface area contributed by atoms with E-state index in [1.807, 2.05) is 30.3 Å². The molecule has 2 aromatic rings. The fourth-order valence-electron chi connectivity index (χ4n) is 2.48. The van der Waals surface area contributed by atoms with Gasteiger partial charge in [0.1, 0.15) is 12.2 Å². The quantitative estimate of drug-likeness (QED) is 0.471. The maximum atomic E-state index is 12.3. The summed E-state index contributed by atoms with van der Waals surface area (Å²) in [5.41, 5.74) is 0.979. The van der Waals surface area contributed by atoms with Gasteiger partial charge in [0.05, 0.1) is 18.4 Å². The number of ether oxygens (including phenoxy) is 1. The molecule has 150 valence electrons. The van der Waals surface area contributed by atoms with Crippen molar-refractivity contribution in [2.24, 2.45) is 7.05 Å². The highest BCUT2D eigenvalue weighted by molar-refractivity contribution is 7.99. The van der Waals surface area contributed by atoms with E-state index < -0.39 is 6.04 Å². The Morgan fingerprint density at radius 1 is 1.21 bits per heavy atom. The van der Waals surface area contributed by atoms with Gasteiger partial charge in [-0.05, 0) is 25.8 Å². The third-order valence-corrected chi connectivity index (χ3v) is 4.99. The molecule has 0 saturated carbocycles. The normalized spacial score (nSPS) is 11.7. The van der Waals surface area contributed by atoms with Crippen LogP contribution >= 0.6 is 11.8 Å². The molecule has 2 rings (SSSR count). The van der Waals surface area contributed by atoms with E-state index >= 15 is 0 Å². The van der Waals surface area contributed by atoms with Crippen molar-refractivity contribution in [1.29, 1.82) is 0 Å². The number of nitrogens with zero attached hydrogens (tertiary/aromatic N) is 3. The summed E-state index contributed by atoms with van der Waals surface area (Å²) in [5.74, 6) is -0.192. The lowest BCUT2D eigenvalue weighted by Gasteiger charge is -2.16. The number of carbonyl (C=O) groups excluding carboxylic acids is 3. The molecule has 1 heterocycles. The second-order valence-electron chi connectivity index (χ2n) is 6.15. The lowest BCUT2D eigenvalue weighted by Crippen LogP contribution is -2.42. The summed E-state index contributed by atoms with van der Waals surface area (Å²) >= 11 is 1.19. The van der Waals surface area contributed by atoms with Crippen molar-refractivity contribution in [3.63, 3.8) is 0 Å². The molecule has 1 amide bonds. The summed E-state index contributed by atoms with van der Waals surface area (Å²) in [6.45, 7) is 3.50. The number of aromatic nitrogens is 3. The molecule has 0 aliphatic carbocycles. The number of Topliss-reactive ketones (excluding diaryl/α,β-unsaturated/α-hetero) is 1. The Hall–Kier alpha value is -2.68. The van der Waals surface area contributed by atoms with E-state index in [2.05, 4.69) is 15.5 Å². The molecule has 1 N–H and O–H groups in total. The van der Waals surface area contributed by atoms with E-state index in [4.69, 9.17) is 4.74 Å². The van der Waals surface area contributed by atoms with Gasteiger partial charge >= 0.3 is 5.97 Å². The molecule has 28 heavy (non-hydrogen) atoms. The van der Waals surface area contributed by atoms with Crippen molar-refractivity contribution in [2.75, 3.05) is 12.4 Å². The Kier molecular flexibility index (Phi) is 8.19. The zero-order valence-electron chi connectivity index (χ0n) is 16.2. The van der Waals surface area contributed by atoms with E-state index in [1.165, 1.54) is 18.7 Å². The smallest absolute Gasteiger partial charge is 0.313 e. The van der Waals surface area contributed by atoms with Crippen LogP contribution in [0.3, 0.4) is 0 Å². The number of carbonyl (C=O) groups is 3. The first-order valence-electron chi connectivity index (χ1n) is 8.91. The summed E-state index contributed by atoms with van der Waals surface area (Å²) in [5, 5.41) is 11.3. The SMILES string of the molecule is CCOC(=O)Cc1nnc(SCC(=O)N[C@H](Cc2ccccc2)C(C)=O)n1C. The molecule has 1 aromatic heterocycles. The van der Waals surface area contributed by atoms with Gasteiger partial charge in [0, 0.05) is 7.05 Å². The minimum absolute atomic E-state index is 0.0214. The van der Waals surface area contributed by atoms with Gasteiger partial charge < -0.3 is 14.6 Å². The Balaban J connectivity index is 1.89. The van der Waals surface area contributed by atoms with Gasteiger partial charge in [-0.1, -0.05) is 42.1 Å². The van der Waals surface area contributed by atoms with Crippen LogP contribution in [0.25, 0.3) is 0 Å². The highest BCUT2D eigenvalue weighted by Gasteiger charge is 2.19. The number of hydrogen-bond acceptors (Lipinski definition) is 7. The van der Waals surface area contributed by atoms with Crippen LogP contribution < -0.4 is 5.32 Å². The molecule has 1 aromatic carbocycles. The summed E-state index contributed by atoms with van der Waals surface area (Å²) in [6, 6.07) is 8.95. The van der Waals surface area contributed by atoms with Crippen LogP contribution in [-0.4, -0.2) is 50.8 Å². The molecule has 0 aliphatic rings. The van der Waals surface area contributed by atoms with Crippen molar-refractivity contribution < 1.29 is 19.1 Å². The van der Waals surface area contributed by atoms with E-state index in [0.717, 1.165) is 5.56 Å². The average Bonchev–Trinajstić information content (AvgIpc) is 3.00. The van der Waals surface area contributed by atoms with Gasteiger partial charge in [-0.2, -0.15) is 0 Å². The topological polar surface area (TPSA) is 103 Å². The highest BCUT2D eigenvalue weighted by Crippen LogP contribution is 2.16. The first-order chi connectivity index (χ1) is 13.4. The molecular formula is C19H24N4O4S. The molecule has 1 atom stereocenters. The van der Waals surface area contributed by atoms with Crippen LogP contribution in [0, 0.1) is 0 Å². The predicted molar refractivity (Wildman–Crippen MR) is 105 cm³/mol. The molecule has 0 spiro atoms. The summed E-state index contributed by atoms with van der Waals surface area (Å²) in [7, 11) is 1.72. The number of ketones is 1. The average molecular weight is 404 g/mol. The van der Waals surface area contributed by atoms with Crippen molar-refractivity contribution in [2.45, 2.75) is 37.9 Å². The molecule has 0 unspecified atom stereocenters. The molecule has 0 radical (unpaired) electrons. The fourth-order valence-corrected chi connectivity index (χ4v) is 3.22. The minimum atomic E-state index is -0.575. The number of hydrogen-bond donors (Lipinski definition) is 1. The Morgan fingerprint density at radius 2 is 1.93 bits per heavy atom. The zero-order chi connectivity index (χ0) is 20.5. The van der Waals surface area contributed by atoms with Gasteiger partial charge in [-0.3, -0.25) is 14.4 Å². The Bertz CT molecular complexity index is 823. The molecule has 0 saturated heterocycles. The zero-order valence-corrected chi connectivity index (χ0v) is 17.0. The van der Waals surface area contributed by atoms with Gasteiger partial charge in [0.15, 0.2) is 10.9 Å². The van der Waals surface area contributed by atoms with Crippen LogP contribution in [0.4, 0.5) is 0 Å². The van der Waals surface area contributed by atoms with Crippen molar-refractivity contribution in [1.82, 2.24) is 20.1 Å².